The van der Waals surface area contributed by atoms with Crippen LogP contribution in [0.5, 0.6) is 0 Å². The minimum absolute atomic E-state index is 0.209. The van der Waals surface area contributed by atoms with Crippen LogP contribution in [0.2, 0.25) is 10.0 Å². The van der Waals surface area contributed by atoms with Crippen LogP contribution in [0, 0.1) is 0 Å². The van der Waals surface area contributed by atoms with Crippen molar-refractivity contribution in [2.24, 2.45) is 4.99 Å². The summed E-state index contributed by atoms with van der Waals surface area (Å²) >= 11 is 13.6. The number of hydrogen-bond acceptors (Lipinski definition) is 4. The van der Waals surface area contributed by atoms with Gasteiger partial charge in [0.1, 0.15) is 11.5 Å². The Morgan fingerprint density at radius 2 is 1.93 bits per heavy atom. The van der Waals surface area contributed by atoms with E-state index in [1.165, 1.54) is 11.8 Å². The molecule has 1 aromatic heterocycles. The number of nitrogens with zero attached hydrogens (tertiary/aromatic N) is 2. The van der Waals surface area contributed by atoms with Gasteiger partial charge in [0.25, 0.3) is 5.91 Å². The van der Waals surface area contributed by atoms with Crippen molar-refractivity contribution in [1.29, 1.82) is 0 Å². The third kappa shape index (κ3) is 3.81. The first-order chi connectivity index (χ1) is 13.4. The van der Waals surface area contributed by atoms with Gasteiger partial charge in [-0.05, 0) is 47.7 Å². The van der Waals surface area contributed by atoms with E-state index in [2.05, 4.69) is 34.1 Å². The number of halogens is 2. The number of amidine groups is 1. The number of aliphatic imine (C=N–C) groups is 1. The van der Waals surface area contributed by atoms with Gasteiger partial charge in [0.2, 0.25) is 0 Å². The molecular formula is C20H16Cl2N4OS. The number of thioether (sulfide) groups is 1. The topological polar surface area (TPSA) is 70.1 Å². The normalized spacial score (nSPS) is 17.2. The molecule has 0 aliphatic carbocycles. The molecule has 2 aromatic carbocycles. The Kier molecular flexibility index (Phi) is 5.19. The molecule has 142 valence electrons. The number of hydrogen-bond donors (Lipinski definition) is 2. The summed E-state index contributed by atoms with van der Waals surface area (Å²) in [5.41, 5.74) is 3.19. The van der Waals surface area contributed by atoms with E-state index >= 15 is 0 Å². The van der Waals surface area contributed by atoms with E-state index in [4.69, 9.17) is 23.2 Å². The van der Waals surface area contributed by atoms with Gasteiger partial charge in [0.15, 0.2) is 5.17 Å². The number of para-hydroxylation sites is 1. The number of aromatic nitrogens is 2. The fraction of sp³-hybridized carbons (Fsp3) is 0.150. The molecule has 1 saturated heterocycles. The second-order valence-electron chi connectivity index (χ2n) is 6.61. The first kappa shape index (κ1) is 19.1. The number of H-pyrrole nitrogens is 1. The number of imidazole rings is 1. The maximum atomic E-state index is 12.3. The Morgan fingerprint density at radius 3 is 2.64 bits per heavy atom. The molecule has 0 saturated carbocycles. The predicted octanol–water partition coefficient (Wildman–Crippen LogP) is 5.88. The molecule has 2 N–H and O–H groups in total. The van der Waals surface area contributed by atoms with Crippen LogP contribution in [0.4, 0.5) is 5.69 Å². The second kappa shape index (κ2) is 7.62. The Hall–Kier alpha value is -2.28. The maximum absolute atomic E-state index is 12.3. The summed E-state index contributed by atoms with van der Waals surface area (Å²) in [7, 11) is 0. The minimum atomic E-state index is -0.209. The predicted molar refractivity (Wildman–Crippen MR) is 117 cm³/mol. The van der Waals surface area contributed by atoms with E-state index in [0.29, 0.717) is 31.7 Å². The zero-order chi connectivity index (χ0) is 19.8. The highest BCUT2D eigenvalue weighted by Crippen LogP contribution is 2.35. The lowest BCUT2D eigenvalue weighted by Gasteiger charge is -2.01. The molecule has 2 heterocycles. The average Bonchev–Trinajstić information content (AvgIpc) is 3.22. The molecule has 8 heteroatoms. The van der Waals surface area contributed by atoms with Crippen LogP contribution in [0.1, 0.15) is 31.2 Å². The lowest BCUT2D eigenvalue weighted by molar-refractivity contribution is -0.115. The summed E-state index contributed by atoms with van der Waals surface area (Å²) in [6.07, 6.45) is 1.83. The van der Waals surface area contributed by atoms with Crippen LogP contribution in [-0.4, -0.2) is 21.0 Å². The first-order valence-electron chi connectivity index (χ1n) is 8.64. The van der Waals surface area contributed by atoms with Crippen molar-refractivity contribution < 1.29 is 4.79 Å². The quantitative estimate of drug-likeness (QED) is 0.509. The monoisotopic (exact) mass is 430 g/mol. The minimum Gasteiger partial charge on any atom is -0.342 e. The van der Waals surface area contributed by atoms with E-state index in [9.17, 15) is 4.79 Å². The number of benzene rings is 2. The number of rotatable bonds is 3. The molecule has 3 aromatic rings. The molecule has 1 aliphatic rings. The molecule has 1 amide bonds. The molecule has 28 heavy (non-hydrogen) atoms. The van der Waals surface area contributed by atoms with E-state index in [0.717, 1.165) is 22.4 Å². The van der Waals surface area contributed by atoms with Gasteiger partial charge in [-0.1, -0.05) is 49.2 Å². The van der Waals surface area contributed by atoms with Crippen molar-refractivity contribution in [3.05, 3.63) is 62.7 Å². The SMILES string of the molecule is CC(C)c1nc2ccc(/C=C3\S/C(=N\c4c(Cl)cccc4Cl)NC3=O)cc2[nH]1. The molecule has 0 radical (unpaired) electrons. The summed E-state index contributed by atoms with van der Waals surface area (Å²) in [4.78, 5) is 25.2. The number of carbonyl (C=O) groups excluding carboxylic acids is 1. The highest BCUT2D eigenvalue weighted by Gasteiger charge is 2.24. The molecule has 1 fully saturated rings. The Bertz CT molecular complexity index is 1130. The van der Waals surface area contributed by atoms with Crippen LogP contribution in [-0.2, 0) is 4.79 Å². The van der Waals surface area contributed by atoms with E-state index in [1.807, 2.05) is 24.3 Å². The van der Waals surface area contributed by atoms with Gasteiger partial charge in [-0.3, -0.25) is 4.79 Å². The zero-order valence-electron chi connectivity index (χ0n) is 15.1. The summed E-state index contributed by atoms with van der Waals surface area (Å²) in [6.45, 7) is 4.18. The summed E-state index contributed by atoms with van der Waals surface area (Å²) in [5, 5.41) is 4.05. The summed E-state index contributed by atoms with van der Waals surface area (Å²) in [6, 6.07) is 11.0. The number of amides is 1. The molecule has 1 aliphatic heterocycles. The van der Waals surface area contributed by atoms with Crippen LogP contribution in [0.3, 0.4) is 0 Å². The molecule has 0 spiro atoms. The highest BCUT2D eigenvalue weighted by atomic mass is 35.5. The van der Waals surface area contributed by atoms with Crippen LogP contribution >= 0.6 is 35.0 Å². The first-order valence-corrected chi connectivity index (χ1v) is 10.2. The third-order valence-electron chi connectivity index (χ3n) is 4.17. The molecule has 4 rings (SSSR count). The lowest BCUT2D eigenvalue weighted by Crippen LogP contribution is -2.19. The number of aromatic amines is 1. The number of fused-ring (bicyclic) bond motifs is 1. The maximum Gasteiger partial charge on any atom is 0.264 e. The number of nitrogens with one attached hydrogen (secondary N) is 2. The Morgan fingerprint density at radius 1 is 1.18 bits per heavy atom. The van der Waals surface area contributed by atoms with E-state index in [1.54, 1.807) is 18.2 Å². The molecule has 5 nitrogen and oxygen atoms in total. The Labute approximate surface area is 176 Å². The smallest absolute Gasteiger partial charge is 0.264 e. The third-order valence-corrected chi connectivity index (χ3v) is 5.69. The molecule has 0 atom stereocenters. The van der Waals surface area contributed by atoms with Gasteiger partial charge < -0.3 is 10.3 Å². The second-order valence-corrected chi connectivity index (χ2v) is 8.45. The zero-order valence-corrected chi connectivity index (χ0v) is 17.4. The standard InChI is InChI=1S/C20H16Cl2N4OS/c1-10(2)18-23-14-7-6-11(8-15(14)24-18)9-16-19(27)26-20(28-16)25-17-12(21)4-3-5-13(17)22/h3-10H,1-2H3,(H,23,24)(H,25,26,27)/b16-9-. The van der Waals surface area contributed by atoms with Crippen molar-refractivity contribution in [1.82, 2.24) is 15.3 Å². The summed E-state index contributed by atoms with van der Waals surface area (Å²) < 4.78 is 0. The van der Waals surface area contributed by atoms with Gasteiger partial charge in [-0.25, -0.2) is 9.98 Å². The van der Waals surface area contributed by atoms with Gasteiger partial charge in [-0.15, -0.1) is 0 Å². The van der Waals surface area contributed by atoms with Crippen molar-refractivity contribution in [3.8, 4) is 0 Å². The largest absolute Gasteiger partial charge is 0.342 e. The van der Waals surface area contributed by atoms with E-state index in [-0.39, 0.29) is 5.91 Å². The van der Waals surface area contributed by atoms with Crippen molar-refractivity contribution in [2.75, 3.05) is 0 Å². The van der Waals surface area contributed by atoms with Crippen molar-refractivity contribution >= 4 is 68.8 Å². The van der Waals surface area contributed by atoms with Gasteiger partial charge >= 0.3 is 0 Å². The van der Waals surface area contributed by atoms with Crippen LogP contribution in [0.15, 0.2) is 46.3 Å². The Balaban J connectivity index is 1.63. The van der Waals surface area contributed by atoms with Crippen molar-refractivity contribution in [2.45, 2.75) is 19.8 Å². The molecule has 0 unspecified atom stereocenters. The fourth-order valence-corrected chi connectivity index (χ4v) is 4.05. The summed E-state index contributed by atoms with van der Waals surface area (Å²) in [5.74, 6) is 1.05. The van der Waals surface area contributed by atoms with E-state index < -0.39 is 0 Å². The van der Waals surface area contributed by atoms with Gasteiger partial charge in [-0.2, -0.15) is 0 Å². The van der Waals surface area contributed by atoms with Crippen molar-refractivity contribution in [3.63, 3.8) is 0 Å². The van der Waals surface area contributed by atoms with Crippen LogP contribution in [0.25, 0.3) is 17.1 Å². The molecule has 0 bridgehead atoms. The van der Waals surface area contributed by atoms with Crippen LogP contribution < -0.4 is 5.32 Å². The lowest BCUT2D eigenvalue weighted by atomic mass is 10.2. The average molecular weight is 431 g/mol. The highest BCUT2D eigenvalue weighted by molar-refractivity contribution is 8.18. The molecular weight excluding hydrogens is 415 g/mol. The fourth-order valence-electron chi connectivity index (χ4n) is 2.74. The van der Waals surface area contributed by atoms with Gasteiger partial charge in [0.05, 0.1) is 26.0 Å². The number of carbonyl (C=O) groups is 1. The van der Waals surface area contributed by atoms with Gasteiger partial charge in [0, 0.05) is 5.92 Å².